The Kier molecular flexibility index (Phi) is 9.31. The predicted octanol–water partition coefficient (Wildman–Crippen LogP) is 1.72. The Morgan fingerprint density at radius 2 is 1.88 bits per heavy atom. The first-order valence-electron chi connectivity index (χ1n) is 13.3. The lowest BCUT2D eigenvalue weighted by molar-refractivity contribution is -0.133. The molecule has 0 bridgehead atoms. The number of benzene rings is 1. The second-order valence-electron chi connectivity index (χ2n) is 10.2. The molecule has 222 valence electrons. The van der Waals surface area contributed by atoms with Gasteiger partial charge in [-0.2, -0.15) is 4.31 Å². The molecule has 1 saturated heterocycles. The van der Waals surface area contributed by atoms with Crippen molar-refractivity contribution in [2.45, 2.75) is 29.6 Å². The van der Waals surface area contributed by atoms with E-state index in [-0.39, 0.29) is 62.5 Å². The van der Waals surface area contributed by atoms with Gasteiger partial charge in [0.1, 0.15) is 4.21 Å². The van der Waals surface area contributed by atoms with Gasteiger partial charge in [0.2, 0.25) is 5.91 Å². The lowest BCUT2D eigenvalue weighted by Gasteiger charge is -2.40. The van der Waals surface area contributed by atoms with Crippen molar-refractivity contribution in [2.24, 2.45) is 0 Å². The van der Waals surface area contributed by atoms with Crippen LogP contribution in [0.1, 0.15) is 26.8 Å². The number of thiazole rings is 1. The van der Waals surface area contributed by atoms with Crippen LogP contribution in [-0.4, -0.2) is 120 Å². The second-order valence-corrected chi connectivity index (χ2v) is 14.9. The van der Waals surface area contributed by atoms with Crippen LogP contribution in [0, 0.1) is 0 Å². The topological polar surface area (TPSA) is 135 Å². The third-order valence-electron chi connectivity index (χ3n) is 7.35. The minimum absolute atomic E-state index is 0.00878. The number of aliphatic hydroxyl groups is 2. The first-order valence-corrected chi connectivity index (χ1v) is 16.7. The lowest BCUT2D eigenvalue weighted by atomic mass is 10.1. The summed E-state index contributed by atoms with van der Waals surface area (Å²) in [5.41, 5.74) is 0.929. The average Bonchev–Trinajstić information content (AvgIpc) is 3.56. The van der Waals surface area contributed by atoms with Crippen molar-refractivity contribution in [1.82, 2.24) is 24.0 Å². The van der Waals surface area contributed by atoms with E-state index in [1.807, 2.05) is 7.05 Å². The number of hydrogen-bond donors (Lipinski definition) is 2. The molecule has 0 radical (unpaired) electrons. The zero-order valence-corrected chi connectivity index (χ0v) is 25.7. The third-order valence-corrected chi connectivity index (χ3v) is 12.2. The van der Waals surface area contributed by atoms with Crippen molar-refractivity contribution < 1.29 is 28.2 Å². The minimum Gasteiger partial charge on any atom is -0.395 e. The summed E-state index contributed by atoms with van der Waals surface area (Å²) in [6.07, 6.45) is 0.559. The highest BCUT2D eigenvalue weighted by atomic mass is 35.5. The van der Waals surface area contributed by atoms with Crippen LogP contribution in [0.25, 0.3) is 10.1 Å². The molecule has 41 heavy (non-hydrogen) atoms. The van der Waals surface area contributed by atoms with Crippen molar-refractivity contribution in [2.75, 3.05) is 59.5 Å². The normalized spacial score (nSPS) is 18.5. The molecule has 0 spiro atoms. The number of nitrogens with zero attached hydrogens (tertiary/aromatic N) is 5. The number of likely N-dealkylation sites (N-methyl/N-ethyl adjacent to an activating group) is 1. The van der Waals surface area contributed by atoms with Crippen LogP contribution < -0.4 is 0 Å². The molecule has 15 heteroatoms. The zero-order valence-electron chi connectivity index (χ0n) is 22.5. The van der Waals surface area contributed by atoms with E-state index < -0.39 is 22.0 Å². The Morgan fingerprint density at radius 1 is 1.12 bits per heavy atom. The number of amides is 2. The highest BCUT2D eigenvalue weighted by Gasteiger charge is 2.40. The Labute approximate surface area is 251 Å². The molecule has 2 aromatic heterocycles. The fourth-order valence-corrected chi connectivity index (χ4v) is 9.78. The number of rotatable bonds is 9. The quantitative estimate of drug-likeness (QED) is 0.361. The molecule has 0 saturated carbocycles. The fraction of sp³-hybridized carbons (Fsp3) is 0.500. The summed E-state index contributed by atoms with van der Waals surface area (Å²) < 4.78 is 30.1. The standard InChI is InChI=1S/C26H32ClN5O6S3/c1-29-5-4-20-22(16-29)40-25(28-20)26(36)31-6-7-32(19(15-31)14-23(35)30(8-10-33)9-11-34)41(37,38)24-12-17-2-3-18(27)13-21(17)39-24/h2-3,12-13,19,33-34H,4-11,14-16H2,1H3. The van der Waals surface area contributed by atoms with Gasteiger partial charge in [0.15, 0.2) is 5.01 Å². The fourth-order valence-electron chi connectivity index (χ4n) is 5.21. The molecule has 2 N–H and O–H groups in total. The van der Waals surface area contributed by atoms with Crippen molar-refractivity contribution in [3.8, 4) is 0 Å². The SMILES string of the molecule is CN1CCc2nc(C(=O)N3CCN(S(=O)(=O)c4cc5ccc(Cl)cc5s4)C(CC(=O)N(CCO)CCO)C3)sc2C1. The summed E-state index contributed by atoms with van der Waals surface area (Å²) in [5, 5.41) is 20.4. The molecule has 2 amide bonds. The smallest absolute Gasteiger partial charge is 0.282 e. The van der Waals surface area contributed by atoms with Gasteiger partial charge in [-0.05, 0) is 30.6 Å². The van der Waals surface area contributed by atoms with Gasteiger partial charge < -0.3 is 24.9 Å². The summed E-state index contributed by atoms with van der Waals surface area (Å²) in [7, 11) is -2.00. The summed E-state index contributed by atoms with van der Waals surface area (Å²) in [5.74, 6) is -0.691. The maximum absolute atomic E-state index is 13.9. The average molecular weight is 642 g/mol. The van der Waals surface area contributed by atoms with Crippen LogP contribution in [0.2, 0.25) is 5.02 Å². The molecule has 1 unspecified atom stereocenters. The van der Waals surface area contributed by atoms with Crippen molar-refractivity contribution in [3.05, 3.63) is 44.9 Å². The number of halogens is 1. The van der Waals surface area contributed by atoms with E-state index in [9.17, 15) is 28.2 Å². The third kappa shape index (κ3) is 6.44. The number of thiophene rings is 1. The molecular formula is C26H32ClN5O6S3. The van der Waals surface area contributed by atoms with E-state index in [2.05, 4.69) is 9.88 Å². The van der Waals surface area contributed by atoms with Gasteiger partial charge in [-0.3, -0.25) is 9.59 Å². The number of aromatic nitrogens is 1. The molecular weight excluding hydrogens is 610 g/mol. The van der Waals surface area contributed by atoms with Crippen molar-refractivity contribution in [1.29, 1.82) is 0 Å². The summed E-state index contributed by atoms with van der Waals surface area (Å²) in [6.45, 7) is 1.21. The molecule has 3 aromatic rings. The Balaban J connectivity index is 1.43. The Hall–Kier alpha value is -2.17. The van der Waals surface area contributed by atoms with Crippen molar-refractivity contribution in [3.63, 3.8) is 0 Å². The maximum Gasteiger partial charge on any atom is 0.282 e. The molecule has 1 atom stereocenters. The lowest BCUT2D eigenvalue weighted by Crippen LogP contribution is -2.57. The zero-order chi connectivity index (χ0) is 29.3. The summed E-state index contributed by atoms with van der Waals surface area (Å²) in [6, 6.07) is 5.93. The van der Waals surface area contributed by atoms with Crippen LogP contribution in [0.4, 0.5) is 0 Å². The summed E-state index contributed by atoms with van der Waals surface area (Å²) >= 11 is 8.59. The van der Waals surface area contributed by atoms with Gasteiger partial charge in [0.05, 0.1) is 24.9 Å². The number of piperazine rings is 1. The van der Waals surface area contributed by atoms with E-state index in [0.717, 1.165) is 51.5 Å². The number of aliphatic hydroxyl groups excluding tert-OH is 2. The van der Waals surface area contributed by atoms with E-state index in [1.54, 1.807) is 29.2 Å². The predicted molar refractivity (Wildman–Crippen MR) is 158 cm³/mol. The molecule has 5 rings (SSSR count). The molecule has 4 heterocycles. The van der Waals surface area contributed by atoms with Crippen LogP contribution in [0.5, 0.6) is 0 Å². The Bertz CT molecular complexity index is 1540. The van der Waals surface area contributed by atoms with E-state index in [4.69, 9.17) is 11.6 Å². The second kappa shape index (κ2) is 12.6. The molecule has 1 aromatic carbocycles. The van der Waals surface area contributed by atoms with Crippen LogP contribution in [0.3, 0.4) is 0 Å². The number of fused-ring (bicyclic) bond motifs is 2. The van der Waals surface area contributed by atoms with Gasteiger partial charge in [-0.25, -0.2) is 13.4 Å². The van der Waals surface area contributed by atoms with Crippen LogP contribution in [-0.2, 0) is 27.8 Å². The first-order chi connectivity index (χ1) is 19.6. The molecule has 0 aliphatic carbocycles. The number of hydrogen-bond acceptors (Lipinski definition) is 10. The number of carbonyl (C=O) groups is 2. The van der Waals surface area contributed by atoms with Gasteiger partial charge >= 0.3 is 0 Å². The first kappa shape index (κ1) is 30.3. The van der Waals surface area contributed by atoms with Gasteiger partial charge in [-0.15, -0.1) is 22.7 Å². The highest BCUT2D eigenvalue weighted by molar-refractivity contribution is 7.91. The van der Waals surface area contributed by atoms with Crippen LogP contribution >= 0.6 is 34.3 Å². The summed E-state index contributed by atoms with van der Waals surface area (Å²) in [4.78, 5) is 37.5. The van der Waals surface area contributed by atoms with Gasteiger partial charge in [0, 0.05) is 73.3 Å². The monoisotopic (exact) mass is 641 g/mol. The largest absolute Gasteiger partial charge is 0.395 e. The van der Waals surface area contributed by atoms with Crippen LogP contribution in [0.15, 0.2) is 28.5 Å². The molecule has 11 nitrogen and oxygen atoms in total. The van der Waals surface area contributed by atoms with Crippen molar-refractivity contribution >= 4 is 66.2 Å². The number of sulfonamides is 1. The molecule has 2 aliphatic rings. The van der Waals surface area contributed by atoms with E-state index >= 15 is 0 Å². The van der Waals surface area contributed by atoms with Gasteiger partial charge in [-0.1, -0.05) is 17.7 Å². The molecule has 2 aliphatic heterocycles. The van der Waals surface area contributed by atoms with E-state index in [1.165, 1.54) is 20.5 Å². The van der Waals surface area contributed by atoms with Gasteiger partial charge in [0.25, 0.3) is 15.9 Å². The highest BCUT2D eigenvalue weighted by Crippen LogP contribution is 2.35. The number of carbonyl (C=O) groups excluding carboxylic acids is 2. The van der Waals surface area contributed by atoms with E-state index in [0.29, 0.717) is 10.0 Å². The minimum atomic E-state index is -4.02. The maximum atomic E-state index is 13.9. The molecule has 1 fully saturated rings. The Morgan fingerprint density at radius 3 is 2.61 bits per heavy atom.